The van der Waals surface area contributed by atoms with Crippen molar-refractivity contribution in [3.05, 3.63) is 27.4 Å². The fourth-order valence-corrected chi connectivity index (χ4v) is 2.81. The summed E-state index contributed by atoms with van der Waals surface area (Å²) in [5, 5.41) is 3.51. The zero-order chi connectivity index (χ0) is 16.9. The molecule has 0 saturated heterocycles. The number of nitrogens with zero attached hydrogens (tertiary/aromatic N) is 5. The maximum atomic E-state index is 13.7. The van der Waals surface area contributed by atoms with Crippen LogP contribution in [0.3, 0.4) is 0 Å². The van der Waals surface area contributed by atoms with E-state index in [9.17, 15) is 12.8 Å². The van der Waals surface area contributed by atoms with Gasteiger partial charge in [-0.15, -0.1) is 5.10 Å². The van der Waals surface area contributed by atoms with Crippen molar-refractivity contribution in [2.75, 3.05) is 12.0 Å². The Kier molecular flexibility index (Phi) is 3.73. The quantitative estimate of drug-likeness (QED) is 0.626. The number of nitrogens with two attached hydrogens (primary N) is 1. The highest BCUT2D eigenvalue weighted by Gasteiger charge is 2.18. The van der Waals surface area contributed by atoms with Crippen molar-refractivity contribution >= 4 is 49.1 Å². The minimum absolute atomic E-state index is 0.0700. The van der Waals surface area contributed by atoms with Crippen molar-refractivity contribution in [3.63, 3.8) is 0 Å². The molecule has 3 rings (SSSR count). The predicted molar refractivity (Wildman–Crippen MR) is 84.2 cm³/mol. The molecule has 0 radical (unpaired) electrons. The molecular formula is C11H7BrClFN6O2S. The van der Waals surface area contributed by atoms with E-state index >= 15 is 0 Å². The molecule has 0 saturated carbocycles. The van der Waals surface area contributed by atoms with Gasteiger partial charge in [0.15, 0.2) is 5.82 Å². The molecule has 1 aromatic carbocycles. The maximum absolute atomic E-state index is 13.7. The maximum Gasteiger partial charge on any atom is 0.258 e. The lowest BCUT2D eigenvalue weighted by Crippen LogP contribution is -2.11. The van der Waals surface area contributed by atoms with Crippen molar-refractivity contribution in [1.82, 2.24) is 24.6 Å². The number of fused-ring (bicyclic) bond motifs is 1. The van der Waals surface area contributed by atoms with Gasteiger partial charge in [-0.25, -0.2) is 12.8 Å². The normalized spacial score (nSPS) is 12.0. The van der Waals surface area contributed by atoms with Gasteiger partial charge in [0.05, 0.1) is 5.02 Å². The van der Waals surface area contributed by atoms with Crippen LogP contribution in [0.25, 0.3) is 17.2 Å². The van der Waals surface area contributed by atoms with Gasteiger partial charge >= 0.3 is 0 Å². The monoisotopic (exact) mass is 420 g/mol. The lowest BCUT2D eigenvalue weighted by Gasteiger charge is -2.00. The molecule has 0 atom stereocenters. The molecule has 0 aliphatic carbocycles. The molecule has 0 spiro atoms. The number of benzene rings is 1. The molecule has 120 valence electrons. The Morgan fingerprint density at radius 3 is 2.61 bits per heavy atom. The Balaban J connectivity index is 2.23. The zero-order valence-electron chi connectivity index (χ0n) is 11.3. The van der Waals surface area contributed by atoms with E-state index in [-0.39, 0.29) is 22.6 Å². The number of anilines is 1. The third kappa shape index (κ3) is 2.86. The summed E-state index contributed by atoms with van der Waals surface area (Å²) in [7, 11) is -3.66. The van der Waals surface area contributed by atoms with Crippen molar-refractivity contribution in [1.29, 1.82) is 0 Å². The van der Waals surface area contributed by atoms with E-state index < -0.39 is 20.8 Å². The fourth-order valence-electron chi connectivity index (χ4n) is 1.76. The first-order chi connectivity index (χ1) is 10.7. The second-order valence-electron chi connectivity index (χ2n) is 4.54. The van der Waals surface area contributed by atoms with Crippen LogP contribution in [0.1, 0.15) is 0 Å². The van der Waals surface area contributed by atoms with Gasteiger partial charge in [-0.05, 0) is 28.1 Å². The van der Waals surface area contributed by atoms with Crippen LogP contribution in [0.15, 0.2) is 21.8 Å². The van der Waals surface area contributed by atoms with Gasteiger partial charge in [0, 0.05) is 16.3 Å². The number of sulfone groups is 1. The van der Waals surface area contributed by atoms with Gasteiger partial charge in [-0.2, -0.15) is 19.5 Å². The van der Waals surface area contributed by atoms with Crippen LogP contribution in [-0.2, 0) is 9.84 Å². The van der Waals surface area contributed by atoms with E-state index in [1.54, 1.807) is 0 Å². The van der Waals surface area contributed by atoms with E-state index in [1.165, 1.54) is 6.07 Å². The SMILES string of the molecule is CS(=O)(=O)c1nc(N)n2nc(-c3cc(F)c(Cl)c(Br)c3)nc2n1. The number of hydrogen-bond donors (Lipinski definition) is 1. The van der Waals surface area contributed by atoms with Gasteiger partial charge in [-0.3, -0.25) is 0 Å². The third-order valence-electron chi connectivity index (χ3n) is 2.79. The molecule has 0 bridgehead atoms. The Morgan fingerprint density at radius 2 is 2.00 bits per heavy atom. The largest absolute Gasteiger partial charge is 0.368 e. The molecule has 2 heterocycles. The molecule has 8 nitrogen and oxygen atoms in total. The number of aromatic nitrogens is 5. The van der Waals surface area contributed by atoms with Crippen LogP contribution in [0.5, 0.6) is 0 Å². The van der Waals surface area contributed by atoms with Gasteiger partial charge in [0.2, 0.25) is 15.8 Å². The van der Waals surface area contributed by atoms with E-state index in [2.05, 4.69) is 36.0 Å². The summed E-state index contributed by atoms with van der Waals surface area (Å²) in [5.74, 6) is -0.847. The molecule has 12 heteroatoms. The van der Waals surface area contributed by atoms with Crippen LogP contribution in [0.2, 0.25) is 5.02 Å². The minimum atomic E-state index is -3.66. The Hall–Kier alpha value is -1.85. The minimum Gasteiger partial charge on any atom is -0.368 e. The standard InChI is InChI=1S/C11H7BrClFN6O2S/c1-23(21,22)11-17-9(15)20-10(18-11)16-8(19-20)4-2-5(12)7(13)6(14)3-4/h2-3H,1H3,(H2,15,16,17,18,19). The highest BCUT2D eigenvalue weighted by Crippen LogP contribution is 2.30. The average Bonchev–Trinajstić information content (AvgIpc) is 2.88. The molecule has 2 aromatic heterocycles. The molecular weight excluding hydrogens is 415 g/mol. The first-order valence-electron chi connectivity index (χ1n) is 5.92. The fraction of sp³-hybridized carbons (Fsp3) is 0.0909. The first kappa shape index (κ1) is 16.0. The molecule has 23 heavy (non-hydrogen) atoms. The number of hydrogen-bond acceptors (Lipinski definition) is 7. The highest BCUT2D eigenvalue weighted by molar-refractivity contribution is 9.10. The summed E-state index contributed by atoms with van der Waals surface area (Å²) in [4.78, 5) is 11.5. The van der Waals surface area contributed by atoms with Gasteiger partial charge in [0.25, 0.3) is 10.9 Å². The number of rotatable bonds is 2. The average molecular weight is 422 g/mol. The molecule has 0 fully saturated rings. The van der Waals surface area contributed by atoms with E-state index in [0.717, 1.165) is 16.8 Å². The predicted octanol–water partition coefficient (Wildman–Crippen LogP) is 1.73. The summed E-state index contributed by atoms with van der Waals surface area (Å²) in [6, 6.07) is 2.66. The molecule has 2 N–H and O–H groups in total. The molecule has 0 unspecified atom stereocenters. The summed E-state index contributed by atoms with van der Waals surface area (Å²) < 4.78 is 38.2. The van der Waals surface area contributed by atoms with Gasteiger partial charge in [0.1, 0.15) is 5.82 Å². The van der Waals surface area contributed by atoms with Crippen molar-refractivity contribution in [3.8, 4) is 11.4 Å². The number of nitrogen functional groups attached to an aromatic ring is 1. The van der Waals surface area contributed by atoms with Crippen molar-refractivity contribution < 1.29 is 12.8 Å². The summed E-state index contributed by atoms with van der Waals surface area (Å²) in [6.45, 7) is 0. The van der Waals surface area contributed by atoms with Gasteiger partial charge < -0.3 is 5.73 Å². The lowest BCUT2D eigenvalue weighted by atomic mass is 10.2. The molecule has 0 aliphatic heterocycles. The van der Waals surface area contributed by atoms with Crippen LogP contribution >= 0.6 is 27.5 Å². The second kappa shape index (κ2) is 5.35. The Bertz CT molecular complexity index is 1030. The highest BCUT2D eigenvalue weighted by atomic mass is 79.9. The van der Waals surface area contributed by atoms with E-state index in [0.29, 0.717) is 10.0 Å². The van der Waals surface area contributed by atoms with Crippen molar-refractivity contribution in [2.45, 2.75) is 5.16 Å². The zero-order valence-corrected chi connectivity index (χ0v) is 14.5. The second-order valence-corrected chi connectivity index (χ2v) is 7.68. The molecule has 3 aromatic rings. The van der Waals surface area contributed by atoms with Crippen LogP contribution in [0.4, 0.5) is 10.3 Å². The smallest absolute Gasteiger partial charge is 0.258 e. The first-order valence-corrected chi connectivity index (χ1v) is 8.98. The topological polar surface area (TPSA) is 116 Å². The molecule has 0 aliphatic rings. The van der Waals surface area contributed by atoms with Crippen LogP contribution in [-0.4, -0.2) is 39.2 Å². The summed E-state index contributed by atoms with van der Waals surface area (Å²) in [5.41, 5.74) is 5.98. The third-order valence-corrected chi connectivity index (χ3v) is 4.87. The summed E-state index contributed by atoms with van der Waals surface area (Å²) >= 11 is 8.86. The van der Waals surface area contributed by atoms with Gasteiger partial charge in [-0.1, -0.05) is 11.6 Å². The van der Waals surface area contributed by atoms with Crippen LogP contribution < -0.4 is 5.73 Å². The number of halogens is 3. The van der Waals surface area contributed by atoms with Crippen LogP contribution in [0, 0.1) is 5.82 Å². The van der Waals surface area contributed by atoms with E-state index in [4.69, 9.17) is 17.3 Å². The summed E-state index contributed by atoms with van der Waals surface area (Å²) in [6.07, 6.45) is 0.946. The Morgan fingerprint density at radius 1 is 1.30 bits per heavy atom. The molecule has 0 amide bonds. The lowest BCUT2D eigenvalue weighted by molar-refractivity contribution is 0.592. The van der Waals surface area contributed by atoms with E-state index in [1.807, 2.05) is 0 Å². The van der Waals surface area contributed by atoms with Crippen molar-refractivity contribution in [2.24, 2.45) is 0 Å². The Labute approximate surface area is 142 Å².